The van der Waals surface area contributed by atoms with Crippen LogP contribution in [0.2, 0.25) is 0 Å². The number of carbonyl (C=O) groups excluding carboxylic acids is 1. The molecule has 2 atom stereocenters. The van der Waals surface area contributed by atoms with Gasteiger partial charge in [-0.25, -0.2) is 9.48 Å². The Kier molecular flexibility index (Phi) is 3.95. The van der Waals surface area contributed by atoms with Gasteiger partial charge in [0.1, 0.15) is 0 Å². The third kappa shape index (κ3) is 2.55. The lowest BCUT2D eigenvalue weighted by molar-refractivity contribution is -0.0967. The summed E-state index contributed by atoms with van der Waals surface area (Å²) in [7, 11) is 1.36. The zero-order valence-electron chi connectivity index (χ0n) is 12.5. The van der Waals surface area contributed by atoms with Gasteiger partial charge in [0.15, 0.2) is 5.69 Å². The van der Waals surface area contributed by atoms with Gasteiger partial charge in [-0.1, -0.05) is 12.1 Å². The molecule has 0 aliphatic carbocycles. The SMILES string of the molecule is CCc1c(C(=O)OC)nnn1C1CCOC2(CCOC2)C1. The van der Waals surface area contributed by atoms with Crippen LogP contribution in [0.5, 0.6) is 0 Å². The number of rotatable bonds is 3. The fourth-order valence-electron chi connectivity index (χ4n) is 3.27. The highest BCUT2D eigenvalue weighted by molar-refractivity contribution is 5.88. The first-order valence-corrected chi connectivity index (χ1v) is 7.43. The Hall–Kier alpha value is -1.47. The second-order valence-electron chi connectivity index (χ2n) is 5.66. The Bertz CT molecular complexity index is 522. The number of nitrogens with zero attached hydrogens (tertiary/aromatic N) is 3. The van der Waals surface area contributed by atoms with Crippen LogP contribution in [0.1, 0.15) is 48.4 Å². The number of methoxy groups -OCH3 is 1. The predicted molar refractivity (Wildman–Crippen MR) is 73.1 cm³/mol. The molecular weight excluding hydrogens is 274 g/mol. The molecule has 0 amide bonds. The maximum atomic E-state index is 11.8. The van der Waals surface area contributed by atoms with Crippen molar-refractivity contribution in [3.8, 4) is 0 Å². The maximum Gasteiger partial charge on any atom is 0.360 e. The van der Waals surface area contributed by atoms with Crippen LogP contribution in [0.3, 0.4) is 0 Å². The molecule has 2 saturated heterocycles. The minimum absolute atomic E-state index is 0.189. The molecule has 2 unspecified atom stereocenters. The minimum atomic E-state index is -0.427. The molecule has 21 heavy (non-hydrogen) atoms. The summed E-state index contributed by atoms with van der Waals surface area (Å²) in [6.07, 6.45) is 3.34. The number of esters is 1. The van der Waals surface area contributed by atoms with Gasteiger partial charge in [0, 0.05) is 26.1 Å². The fourth-order valence-corrected chi connectivity index (χ4v) is 3.27. The van der Waals surface area contributed by atoms with Crippen LogP contribution in [-0.2, 0) is 20.6 Å². The number of aromatic nitrogens is 3. The highest BCUT2D eigenvalue weighted by Crippen LogP contribution is 2.38. The molecule has 1 aromatic heterocycles. The number of hydrogen-bond donors (Lipinski definition) is 0. The topological polar surface area (TPSA) is 75.5 Å². The van der Waals surface area contributed by atoms with Crippen molar-refractivity contribution in [1.29, 1.82) is 0 Å². The summed E-state index contributed by atoms with van der Waals surface area (Å²) >= 11 is 0. The second kappa shape index (κ2) is 5.73. The average molecular weight is 295 g/mol. The summed E-state index contributed by atoms with van der Waals surface area (Å²) in [5.41, 5.74) is 0.969. The Morgan fingerprint density at radius 3 is 3.05 bits per heavy atom. The van der Waals surface area contributed by atoms with Crippen LogP contribution in [0.15, 0.2) is 0 Å². The molecule has 3 rings (SSSR count). The first kappa shape index (κ1) is 14.5. The van der Waals surface area contributed by atoms with Crippen LogP contribution < -0.4 is 0 Å². The third-order valence-electron chi connectivity index (χ3n) is 4.38. The molecule has 116 valence electrons. The minimum Gasteiger partial charge on any atom is -0.464 e. The molecule has 2 fully saturated rings. The largest absolute Gasteiger partial charge is 0.464 e. The summed E-state index contributed by atoms with van der Waals surface area (Å²) in [6.45, 7) is 4.07. The van der Waals surface area contributed by atoms with Gasteiger partial charge in [-0.15, -0.1) is 5.10 Å². The second-order valence-corrected chi connectivity index (χ2v) is 5.66. The van der Waals surface area contributed by atoms with E-state index < -0.39 is 5.97 Å². The molecule has 7 heteroatoms. The maximum absolute atomic E-state index is 11.8. The first-order valence-electron chi connectivity index (χ1n) is 7.43. The van der Waals surface area contributed by atoms with Crippen molar-refractivity contribution < 1.29 is 19.0 Å². The standard InChI is InChI=1S/C14H21N3O4/c1-3-11-12(13(18)19-2)15-16-17(11)10-4-6-21-14(8-10)5-7-20-9-14/h10H,3-9H2,1-2H3. The number of carbonyl (C=O) groups is 1. The first-order chi connectivity index (χ1) is 10.2. The van der Waals surface area contributed by atoms with Crippen molar-refractivity contribution in [3.05, 3.63) is 11.4 Å². The van der Waals surface area contributed by atoms with E-state index in [-0.39, 0.29) is 11.6 Å². The van der Waals surface area contributed by atoms with Gasteiger partial charge in [0.2, 0.25) is 0 Å². The number of hydrogen-bond acceptors (Lipinski definition) is 6. The Morgan fingerprint density at radius 1 is 1.52 bits per heavy atom. The van der Waals surface area contributed by atoms with Gasteiger partial charge in [-0.05, 0) is 12.8 Å². The molecule has 1 spiro atoms. The summed E-state index contributed by atoms with van der Waals surface area (Å²) in [6, 6.07) is 0.196. The Balaban J connectivity index is 1.86. The van der Waals surface area contributed by atoms with Crippen molar-refractivity contribution in [2.45, 2.75) is 44.2 Å². The van der Waals surface area contributed by atoms with Gasteiger partial charge in [0.25, 0.3) is 0 Å². The van der Waals surface area contributed by atoms with Crippen LogP contribution in [0, 0.1) is 0 Å². The quantitative estimate of drug-likeness (QED) is 0.778. The molecule has 0 aromatic carbocycles. The van der Waals surface area contributed by atoms with Crippen molar-refractivity contribution >= 4 is 5.97 Å². The van der Waals surface area contributed by atoms with E-state index in [1.165, 1.54) is 7.11 Å². The number of ether oxygens (including phenoxy) is 3. The fraction of sp³-hybridized carbons (Fsp3) is 0.786. The van der Waals surface area contributed by atoms with Crippen molar-refractivity contribution in [3.63, 3.8) is 0 Å². The van der Waals surface area contributed by atoms with Crippen molar-refractivity contribution in [2.24, 2.45) is 0 Å². The van der Waals surface area contributed by atoms with E-state index in [1.807, 2.05) is 11.6 Å². The van der Waals surface area contributed by atoms with Crippen LogP contribution in [-0.4, -0.2) is 53.5 Å². The van der Waals surface area contributed by atoms with E-state index in [1.54, 1.807) is 0 Å². The lowest BCUT2D eigenvalue weighted by Gasteiger charge is -2.37. The Morgan fingerprint density at radius 2 is 2.38 bits per heavy atom. The monoisotopic (exact) mass is 295 g/mol. The van der Waals surface area contributed by atoms with Gasteiger partial charge in [-0.3, -0.25) is 0 Å². The molecule has 0 radical (unpaired) electrons. The molecule has 1 aromatic rings. The third-order valence-corrected chi connectivity index (χ3v) is 4.38. The zero-order chi connectivity index (χ0) is 14.9. The smallest absolute Gasteiger partial charge is 0.360 e. The van der Waals surface area contributed by atoms with E-state index in [0.717, 1.165) is 31.6 Å². The zero-order valence-corrected chi connectivity index (χ0v) is 12.5. The molecule has 2 aliphatic rings. The lowest BCUT2D eigenvalue weighted by Crippen LogP contribution is -2.41. The van der Waals surface area contributed by atoms with Gasteiger partial charge < -0.3 is 14.2 Å². The van der Waals surface area contributed by atoms with E-state index in [9.17, 15) is 4.79 Å². The lowest BCUT2D eigenvalue weighted by atomic mass is 9.89. The van der Waals surface area contributed by atoms with Crippen molar-refractivity contribution in [1.82, 2.24) is 15.0 Å². The normalized spacial score (nSPS) is 29.0. The molecule has 7 nitrogen and oxygen atoms in total. The summed E-state index contributed by atoms with van der Waals surface area (Å²) in [5.74, 6) is -0.427. The molecule has 3 heterocycles. The average Bonchev–Trinajstić information content (AvgIpc) is 3.13. The summed E-state index contributed by atoms with van der Waals surface area (Å²) in [4.78, 5) is 11.8. The summed E-state index contributed by atoms with van der Waals surface area (Å²) in [5, 5.41) is 8.22. The van der Waals surface area contributed by atoms with Gasteiger partial charge >= 0.3 is 5.97 Å². The van der Waals surface area contributed by atoms with E-state index >= 15 is 0 Å². The van der Waals surface area contributed by atoms with Gasteiger partial charge in [0.05, 0.1) is 31.1 Å². The van der Waals surface area contributed by atoms with E-state index in [0.29, 0.717) is 25.3 Å². The summed E-state index contributed by atoms with van der Waals surface area (Å²) < 4.78 is 18.1. The van der Waals surface area contributed by atoms with Crippen LogP contribution in [0.4, 0.5) is 0 Å². The highest BCUT2D eigenvalue weighted by Gasteiger charge is 2.42. The van der Waals surface area contributed by atoms with E-state index in [2.05, 4.69) is 10.3 Å². The Labute approximate surface area is 123 Å². The molecular formula is C14H21N3O4. The van der Waals surface area contributed by atoms with Crippen molar-refractivity contribution in [2.75, 3.05) is 26.9 Å². The molecule has 0 saturated carbocycles. The molecule has 0 N–H and O–H groups in total. The predicted octanol–water partition coefficient (Wildman–Crippen LogP) is 1.14. The van der Waals surface area contributed by atoms with Gasteiger partial charge in [-0.2, -0.15) is 0 Å². The molecule has 0 bridgehead atoms. The van der Waals surface area contributed by atoms with Crippen LogP contribution in [0.25, 0.3) is 0 Å². The highest BCUT2D eigenvalue weighted by atomic mass is 16.6. The van der Waals surface area contributed by atoms with Crippen LogP contribution >= 0.6 is 0 Å². The van der Waals surface area contributed by atoms with E-state index in [4.69, 9.17) is 14.2 Å². The molecule has 2 aliphatic heterocycles.